The molecule has 0 aliphatic carbocycles. The Balaban J connectivity index is 1.79. The summed E-state index contributed by atoms with van der Waals surface area (Å²) in [5, 5.41) is 7.67. The van der Waals surface area contributed by atoms with E-state index in [1.54, 1.807) is 54.4 Å². The molecule has 0 bridgehead atoms. The fourth-order valence-electron chi connectivity index (χ4n) is 3.93. The first kappa shape index (κ1) is 26.3. The van der Waals surface area contributed by atoms with E-state index in [4.69, 9.17) is 4.74 Å². The van der Waals surface area contributed by atoms with Crippen LogP contribution >= 0.6 is 0 Å². The number of hydrogen-bond donors (Lipinski definition) is 1. The van der Waals surface area contributed by atoms with Crippen LogP contribution in [-0.4, -0.2) is 50.3 Å². The van der Waals surface area contributed by atoms with E-state index in [2.05, 4.69) is 20.4 Å². The number of pyridine rings is 2. The minimum atomic E-state index is -3.73. The van der Waals surface area contributed by atoms with Crippen molar-refractivity contribution in [3.63, 3.8) is 0 Å². The maximum absolute atomic E-state index is 13.3. The predicted molar refractivity (Wildman–Crippen MR) is 140 cm³/mol. The van der Waals surface area contributed by atoms with Crippen molar-refractivity contribution >= 4 is 21.4 Å². The number of sulfone groups is 1. The minimum Gasteiger partial charge on any atom is -0.495 e. The summed E-state index contributed by atoms with van der Waals surface area (Å²) < 4.78 is 34.3. The van der Waals surface area contributed by atoms with Crippen molar-refractivity contribution in [3.05, 3.63) is 60.3 Å². The summed E-state index contributed by atoms with van der Waals surface area (Å²) in [7, 11) is -2.30. The van der Waals surface area contributed by atoms with Crippen LogP contribution in [0.25, 0.3) is 17.0 Å². The zero-order valence-electron chi connectivity index (χ0n) is 22.1. The highest BCUT2D eigenvalue weighted by Crippen LogP contribution is 2.34. The largest absolute Gasteiger partial charge is 0.495 e. The number of rotatable bonds is 7. The second-order valence-electron chi connectivity index (χ2n) is 10.1. The van der Waals surface area contributed by atoms with Gasteiger partial charge in [-0.25, -0.2) is 13.4 Å². The Morgan fingerprint density at radius 2 is 1.84 bits per heavy atom. The van der Waals surface area contributed by atoms with E-state index in [-0.39, 0.29) is 28.6 Å². The second kappa shape index (κ2) is 9.62. The Hall–Kier alpha value is -3.73. The average Bonchev–Trinajstić information content (AvgIpc) is 3.47. The van der Waals surface area contributed by atoms with Crippen molar-refractivity contribution in [2.75, 3.05) is 7.11 Å². The van der Waals surface area contributed by atoms with Gasteiger partial charge in [0.05, 0.1) is 35.5 Å². The lowest BCUT2D eigenvalue weighted by Gasteiger charge is -2.21. The Labute approximate surface area is 216 Å². The van der Waals surface area contributed by atoms with Crippen LogP contribution in [0.1, 0.15) is 69.8 Å². The number of imidazole rings is 1. The number of nitrogens with one attached hydrogen (secondary N) is 1. The Morgan fingerprint density at radius 3 is 2.43 bits per heavy atom. The highest BCUT2D eigenvalue weighted by molar-refractivity contribution is 7.92. The van der Waals surface area contributed by atoms with Crippen molar-refractivity contribution < 1.29 is 17.9 Å². The number of methoxy groups -OCH3 is 1. The first-order chi connectivity index (χ1) is 17.3. The zero-order valence-corrected chi connectivity index (χ0v) is 22.9. The first-order valence-electron chi connectivity index (χ1n) is 12.0. The number of aromatic nitrogens is 5. The number of ether oxygens (including phenoxy) is 1. The van der Waals surface area contributed by atoms with Crippen LogP contribution in [0.15, 0.2) is 53.8 Å². The van der Waals surface area contributed by atoms with Crippen LogP contribution in [0.4, 0.5) is 0 Å². The van der Waals surface area contributed by atoms with E-state index in [1.165, 1.54) is 13.3 Å². The standard InChI is InChI=1S/C26H32N6O4S/c1-16(2)32-20(25(33)29-17(3)18-10-8-9-11-27-18)12-19(30-32)21-14-28-24-13-22(36-7)23(15-31(21)24)37(34,35)26(4,5)6/h8-17H,1-7H3,(H,29,33)/t17-/m1/s1. The molecule has 4 aromatic heterocycles. The topological polar surface area (TPSA) is 120 Å². The summed E-state index contributed by atoms with van der Waals surface area (Å²) in [5.41, 5.74) is 2.65. The van der Waals surface area contributed by atoms with Crippen LogP contribution in [0.2, 0.25) is 0 Å². The third-order valence-electron chi connectivity index (χ3n) is 6.09. The smallest absolute Gasteiger partial charge is 0.270 e. The molecule has 0 aliphatic rings. The van der Waals surface area contributed by atoms with Crippen LogP contribution in [0, 0.1) is 0 Å². The maximum atomic E-state index is 13.3. The number of carbonyl (C=O) groups is 1. The van der Waals surface area contributed by atoms with Crippen molar-refractivity contribution in [2.45, 2.75) is 63.3 Å². The first-order valence-corrected chi connectivity index (χ1v) is 13.4. The molecular weight excluding hydrogens is 492 g/mol. The van der Waals surface area contributed by atoms with Gasteiger partial charge in [0.25, 0.3) is 5.91 Å². The van der Waals surface area contributed by atoms with Crippen LogP contribution in [0.3, 0.4) is 0 Å². The molecule has 196 valence electrons. The lowest BCUT2D eigenvalue weighted by atomic mass is 10.2. The lowest BCUT2D eigenvalue weighted by molar-refractivity contribution is 0.0926. The van der Waals surface area contributed by atoms with Gasteiger partial charge >= 0.3 is 0 Å². The molecule has 0 aromatic carbocycles. The molecule has 4 heterocycles. The normalized spacial score (nSPS) is 13.2. The monoisotopic (exact) mass is 524 g/mol. The molecule has 10 nitrogen and oxygen atoms in total. The van der Waals surface area contributed by atoms with Gasteiger partial charge < -0.3 is 10.1 Å². The van der Waals surface area contributed by atoms with Gasteiger partial charge in [-0.3, -0.25) is 18.9 Å². The summed E-state index contributed by atoms with van der Waals surface area (Å²) in [5.74, 6) is -0.0760. The SMILES string of the molecule is COc1cc2ncc(-c3cc(C(=O)N[C@H](C)c4ccccn4)n(C(C)C)n3)n2cc1S(=O)(=O)C(C)(C)C. The molecule has 0 spiro atoms. The van der Waals surface area contributed by atoms with Gasteiger partial charge in [0.1, 0.15) is 27.7 Å². The van der Waals surface area contributed by atoms with Crippen LogP contribution in [0.5, 0.6) is 5.75 Å². The summed E-state index contributed by atoms with van der Waals surface area (Å²) in [4.78, 5) is 22.1. The van der Waals surface area contributed by atoms with Gasteiger partial charge in [0.15, 0.2) is 9.84 Å². The van der Waals surface area contributed by atoms with E-state index in [0.29, 0.717) is 22.7 Å². The molecule has 0 radical (unpaired) electrons. The van der Waals surface area contributed by atoms with E-state index in [9.17, 15) is 13.2 Å². The number of amides is 1. The average molecular weight is 525 g/mol. The Bertz CT molecular complexity index is 1550. The molecule has 1 atom stereocenters. The predicted octanol–water partition coefficient (Wildman–Crippen LogP) is 4.25. The number of hydrogen-bond acceptors (Lipinski definition) is 7. The van der Waals surface area contributed by atoms with Crippen molar-refractivity contribution in [1.82, 2.24) is 29.5 Å². The van der Waals surface area contributed by atoms with Crippen LogP contribution in [-0.2, 0) is 9.84 Å². The molecule has 0 saturated carbocycles. The molecule has 1 amide bonds. The molecule has 0 aliphatic heterocycles. The molecule has 37 heavy (non-hydrogen) atoms. The fourth-order valence-corrected chi connectivity index (χ4v) is 5.24. The summed E-state index contributed by atoms with van der Waals surface area (Å²) in [6.07, 6.45) is 4.80. The van der Waals surface area contributed by atoms with Crippen LogP contribution < -0.4 is 10.1 Å². The van der Waals surface area contributed by atoms with Gasteiger partial charge in [0.2, 0.25) is 0 Å². The Morgan fingerprint density at radius 1 is 1.11 bits per heavy atom. The summed E-state index contributed by atoms with van der Waals surface area (Å²) >= 11 is 0. The highest BCUT2D eigenvalue weighted by atomic mass is 32.2. The lowest BCUT2D eigenvalue weighted by Crippen LogP contribution is -2.29. The van der Waals surface area contributed by atoms with Crippen molar-refractivity contribution in [1.29, 1.82) is 0 Å². The van der Waals surface area contributed by atoms with E-state index in [1.807, 2.05) is 39.0 Å². The molecule has 4 aromatic rings. The third-order valence-corrected chi connectivity index (χ3v) is 8.59. The molecular formula is C26H32N6O4S. The second-order valence-corrected chi connectivity index (χ2v) is 12.8. The van der Waals surface area contributed by atoms with Gasteiger partial charge in [-0.05, 0) is 59.7 Å². The molecule has 4 rings (SSSR count). The molecule has 1 N–H and O–H groups in total. The van der Waals surface area contributed by atoms with Gasteiger partial charge in [-0.2, -0.15) is 5.10 Å². The quantitative estimate of drug-likeness (QED) is 0.384. The third kappa shape index (κ3) is 4.83. The fraction of sp³-hybridized carbons (Fsp3) is 0.385. The number of fused-ring (bicyclic) bond motifs is 1. The summed E-state index contributed by atoms with van der Waals surface area (Å²) in [6, 6.07) is 8.41. The van der Waals surface area contributed by atoms with Crippen molar-refractivity contribution in [3.8, 4) is 17.1 Å². The maximum Gasteiger partial charge on any atom is 0.270 e. The number of nitrogens with zero attached hydrogens (tertiary/aromatic N) is 5. The molecule has 0 fully saturated rings. The molecule has 0 unspecified atom stereocenters. The molecule has 11 heteroatoms. The minimum absolute atomic E-state index is 0.0553. The zero-order chi connectivity index (χ0) is 27.1. The Kier molecular flexibility index (Phi) is 6.85. The summed E-state index contributed by atoms with van der Waals surface area (Å²) in [6.45, 7) is 10.7. The van der Waals surface area contributed by atoms with E-state index >= 15 is 0 Å². The molecule has 0 saturated heterocycles. The van der Waals surface area contributed by atoms with Gasteiger partial charge in [-0.15, -0.1) is 0 Å². The van der Waals surface area contributed by atoms with Crippen molar-refractivity contribution in [2.24, 2.45) is 0 Å². The van der Waals surface area contributed by atoms with Gasteiger partial charge in [0, 0.05) is 24.5 Å². The van der Waals surface area contributed by atoms with E-state index in [0.717, 1.165) is 5.69 Å². The van der Waals surface area contributed by atoms with E-state index < -0.39 is 14.6 Å². The number of carbonyl (C=O) groups excluding carboxylic acids is 1. The highest BCUT2D eigenvalue weighted by Gasteiger charge is 2.34. The van der Waals surface area contributed by atoms with Gasteiger partial charge in [-0.1, -0.05) is 6.07 Å².